The fourth-order valence-electron chi connectivity index (χ4n) is 10.2. The lowest BCUT2D eigenvalue weighted by molar-refractivity contribution is -0.143. The van der Waals surface area contributed by atoms with Gasteiger partial charge in [0.15, 0.2) is 0 Å². The number of aliphatic hydroxyl groups is 2. The third-order valence-corrected chi connectivity index (χ3v) is 15.1. The lowest BCUT2D eigenvalue weighted by atomic mass is 10.0. The minimum absolute atomic E-state index is 0.000937. The number of nitrogens with one attached hydrogen (secondary N) is 1. The van der Waals surface area contributed by atoms with Crippen LogP contribution in [-0.4, -0.2) is 47.4 Å². The lowest BCUT2D eigenvalue weighted by Crippen LogP contribution is -2.45. The third-order valence-electron chi connectivity index (χ3n) is 15.1. The van der Waals surface area contributed by atoms with Crippen LogP contribution in [0.5, 0.6) is 0 Å². The van der Waals surface area contributed by atoms with Gasteiger partial charge < -0.3 is 20.3 Å². The van der Waals surface area contributed by atoms with Gasteiger partial charge in [-0.25, -0.2) is 0 Å². The highest BCUT2D eigenvalue weighted by molar-refractivity contribution is 5.76. The van der Waals surface area contributed by atoms with Gasteiger partial charge in [-0.05, 0) is 51.4 Å². The Balaban J connectivity index is 3.41. The number of hydrogen-bond donors (Lipinski definition) is 3. The highest BCUT2D eigenvalue weighted by atomic mass is 16.5. The first kappa shape index (κ1) is 68.6. The van der Waals surface area contributed by atoms with Crippen molar-refractivity contribution in [3.05, 3.63) is 12.2 Å². The van der Waals surface area contributed by atoms with Crippen LogP contribution in [0.4, 0.5) is 0 Å². The largest absolute Gasteiger partial charge is 0.466 e. The molecule has 6 nitrogen and oxygen atoms in total. The van der Waals surface area contributed by atoms with Crippen molar-refractivity contribution < 1.29 is 24.5 Å². The predicted octanol–water partition coefficient (Wildman–Crippen LogP) is 20.0. The van der Waals surface area contributed by atoms with E-state index in [2.05, 4.69) is 31.3 Å². The van der Waals surface area contributed by atoms with Crippen molar-refractivity contribution in [2.45, 2.75) is 373 Å². The van der Waals surface area contributed by atoms with Gasteiger partial charge in [0.2, 0.25) is 5.91 Å². The van der Waals surface area contributed by atoms with Crippen LogP contribution >= 0.6 is 0 Å². The monoisotopic (exact) mass is 988 g/mol. The van der Waals surface area contributed by atoms with Crippen LogP contribution in [0.25, 0.3) is 0 Å². The van der Waals surface area contributed by atoms with Gasteiger partial charge in [0, 0.05) is 12.8 Å². The van der Waals surface area contributed by atoms with E-state index in [1.165, 1.54) is 283 Å². The number of carbonyl (C=O) groups is 2. The predicted molar refractivity (Wildman–Crippen MR) is 306 cm³/mol. The molecule has 0 rings (SSSR count). The van der Waals surface area contributed by atoms with E-state index in [9.17, 15) is 19.8 Å². The van der Waals surface area contributed by atoms with Crippen LogP contribution in [0.15, 0.2) is 12.2 Å². The van der Waals surface area contributed by atoms with Crippen LogP contribution in [0.3, 0.4) is 0 Å². The molecule has 0 aliphatic rings. The maximum absolute atomic E-state index is 12.5. The summed E-state index contributed by atoms with van der Waals surface area (Å²) in [6.45, 7) is 4.97. The zero-order valence-electron chi connectivity index (χ0n) is 47.5. The van der Waals surface area contributed by atoms with Crippen molar-refractivity contribution >= 4 is 11.9 Å². The molecule has 0 aromatic heterocycles. The molecule has 70 heavy (non-hydrogen) atoms. The maximum atomic E-state index is 12.5. The van der Waals surface area contributed by atoms with Crippen molar-refractivity contribution in [2.75, 3.05) is 13.2 Å². The van der Waals surface area contributed by atoms with Gasteiger partial charge in [-0.2, -0.15) is 0 Å². The number of aliphatic hydroxyl groups excluding tert-OH is 2. The SMILES string of the molecule is CCCCCCCCC/C=C\CCCCCCCCCC(=O)OCCCCCCCCCCCCCCCCCC(=O)NC(CO)C(O)CCCCCCCCCCCCCCCCCCCCCC. The summed E-state index contributed by atoms with van der Waals surface area (Å²) in [5.41, 5.74) is 0. The van der Waals surface area contributed by atoms with E-state index >= 15 is 0 Å². The molecule has 0 aliphatic carbocycles. The second-order valence-electron chi connectivity index (χ2n) is 22.1. The molecule has 0 saturated carbocycles. The van der Waals surface area contributed by atoms with E-state index in [4.69, 9.17) is 4.74 Å². The van der Waals surface area contributed by atoms with Crippen LogP contribution in [0.2, 0.25) is 0 Å². The lowest BCUT2D eigenvalue weighted by Gasteiger charge is -2.22. The zero-order valence-corrected chi connectivity index (χ0v) is 47.5. The second kappa shape index (κ2) is 60.2. The molecular formula is C64H125NO5. The highest BCUT2D eigenvalue weighted by Gasteiger charge is 2.20. The van der Waals surface area contributed by atoms with Crippen molar-refractivity contribution in [1.82, 2.24) is 5.32 Å². The topological polar surface area (TPSA) is 95.9 Å². The minimum Gasteiger partial charge on any atom is -0.466 e. The van der Waals surface area contributed by atoms with Gasteiger partial charge >= 0.3 is 5.97 Å². The first-order valence-electron chi connectivity index (χ1n) is 31.9. The first-order valence-corrected chi connectivity index (χ1v) is 31.9. The summed E-state index contributed by atoms with van der Waals surface area (Å²) in [5.74, 6) is -0.0405. The van der Waals surface area contributed by atoms with Gasteiger partial charge in [-0.1, -0.05) is 309 Å². The zero-order chi connectivity index (χ0) is 50.7. The van der Waals surface area contributed by atoms with Crippen molar-refractivity contribution in [2.24, 2.45) is 0 Å². The fraction of sp³-hybridized carbons (Fsp3) is 0.938. The molecule has 0 heterocycles. The van der Waals surface area contributed by atoms with E-state index in [0.717, 1.165) is 44.9 Å². The second-order valence-corrected chi connectivity index (χ2v) is 22.1. The Hall–Kier alpha value is -1.40. The number of amides is 1. The summed E-state index contributed by atoms with van der Waals surface area (Å²) >= 11 is 0. The molecule has 0 radical (unpaired) electrons. The Morgan fingerprint density at radius 1 is 0.386 bits per heavy atom. The van der Waals surface area contributed by atoms with Gasteiger partial charge in [0.05, 0.1) is 25.4 Å². The van der Waals surface area contributed by atoms with E-state index in [1.54, 1.807) is 0 Å². The van der Waals surface area contributed by atoms with Crippen LogP contribution in [0.1, 0.15) is 361 Å². The smallest absolute Gasteiger partial charge is 0.305 e. The molecule has 2 atom stereocenters. The normalized spacial score (nSPS) is 12.6. The Morgan fingerprint density at radius 2 is 0.671 bits per heavy atom. The molecule has 2 unspecified atom stereocenters. The highest BCUT2D eigenvalue weighted by Crippen LogP contribution is 2.18. The average Bonchev–Trinajstić information content (AvgIpc) is 3.36. The summed E-state index contributed by atoms with van der Waals surface area (Å²) in [7, 11) is 0. The molecular weight excluding hydrogens is 863 g/mol. The summed E-state index contributed by atoms with van der Waals surface area (Å²) in [5, 5.41) is 23.4. The summed E-state index contributed by atoms with van der Waals surface area (Å²) in [6.07, 6.45) is 72.2. The maximum Gasteiger partial charge on any atom is 0.305 e. The van der Waals surface area contributed by atoms with Gasteiger partial charge in [0.1, 0.15) is 0 Å². The number of allylic oxidation sites excluding steroid dienone is 2. The molecule has 0 saturated heterocycles. The molecule has 0 aromatic rings. The van der Waals surface area contributed by atoms with Crippen molar-refractivity contribution in [1.29, 1.82) is 0 Å². The van der Waals surface area contributed by atoms with Crippen LogP contribution in [0, 0.1) is 0 Å². The summed E-state index contributed by atoms with van der Waals surface area (Å²) in [6, 6.07) is -0.548. The van der Waals surface area contributed by atoms with E-state index in [0.29, 0.717) is 25.9 Å². The number of unbranched alkanes of at least 4 members (excludes halogenated alkanes) is 47. The van der Waals surface area contributed by atoms with E-state index < -0.39 is 12.1 Å². The third kappa shape index (κ3) is 55.9. The molecule has 416 valence electrons. The van der Waals surface area contributed by atoms with Gasteiger partial charge in [0.25, 0.3) is 0 Å². The number of rotatable bonds is 60. The molecule has 6 heteroatoms. The summed E-state index contributed by atoms with van der Waals surface area (Å²) < 4.78 is 5.49. The average molecular weight is 989 g/mol. The molecule has 1 amide bonds. The molecule has 0 spiro atoms. The molecule has 0 bridgehead atoms. The Labute approximate surface area is 438 Å². The standard InChI is InChI=1S/C64H125NO5/c1-3-5-7-9-11-13-15-17-19-21-23-24-25-28-32-36-40-44-48-52-56-62(67)61(60-66)65-63(68)57-53-49-45-41-37-33-29-27-31-35-39-43-47-51-55-59-70-64(69)58-54-50-46-42-38-34-30-26-22-20-18-16-14-12-10-8-6-4-2/h20,22,61-62,66-67H,3-19,21,23-60H2,1-2H3,(H,65,68)/b22-20-. The van der Waals surface area contributed by atoms with E-state index in [1.807, 2.05) is 0 Å². The Morgan fingerprint density at radius 3 is 1.01 bits per heavy atom. The van der Waals surface area contributed by atoms with Crippen LogP contribution < -0.4 is 5.32 Å². The minimum atomic E-state index is -0.670. The number of ether oxygens (including phenoxy) is 1. The number of hydrogen-bond acceptors (Lipinski definition) is 5. The number of esters is 1. The molecule has 0 aliphatic heterocycles. The molecule has 0 fully saturated rings. The number of carbonyl (C=O) groups excluding carboxylic acids is 2. The molecule has 3 N–H and O–H groups in total. The quantitative estimate of drug-likeness (QED) is 0.0321. The Kier molecular flexibility index (Phi) is 59.0. The van der Waals surface area contributed by atoms with Gasteiger partial charge in [-0.3, -0.25) is 9.59 Å². The van der Waals surface area contributed by atoms with Crippen molar-refractivity contribution in [3.63, 3.8) is 0 Å². The van der Waals surface area contributed by atoms with Crippen LogP contribution in [-0.2, 0) is 14.3 Å². The van der Waals surface area contributed by atoms with Gasteiger partial charge in [-0.15, -0.1) is 0 Å². The summed E-state index contributed by atoms with van der Waals surface area (Å²) in [4.78, 5) is 24.6. The fourth-order valence-corrected chi connectivity index (χ4v) is 10.2. The molecule has 0 aromatic carbocycles. The first-order chi connectivity index (χ1) is 34.5. The Bertz CT molecular complexity index is 1050. The van der Waals surface area contributed by atoms with E-state index in [-0.39, 0.29) is 18.5 Å². The van der Waals surface area contributed by atoms with Crippen molar-refractivity contribution in [3.8, 4) is 0 Å².